The van der Waals surface area contributed by atoms with Gasteiger partial charge in [0.2, 0.25) is 0 Å². The zero-order valence-corrected chi connectivity index (χ0v) is 22.0. The van der Waals surface area contributed by atoms with Gasteiger partial charge in [-0.15, -0.1) is 0 Å². The van der Waals surface area contributed by atoms with Crippen LogP contribution in [0.15, 0.2) is 47.0 Å². The Labute approximate surface area is 216 Å². The van der Waals surface area contributed by atoms with Crippen LogP contribution >= 0.6 is 19.3 Å². The number of allylic oxidation sites excluding steroid dienone is 3. The first kappa shape index (κ1) is 29.3. The van der Waals surface area contributed by atoms with Gasteiger partial charge < -0.3 is 38.9 Å². The lowest BCUT2D eigenvalue weighted by molar-refractivity contribution is -0.237. The molecule has 3 rings (SSSR count). The van der Waals surface area contributed by atoms with Crippen molar-refractivity contribution in [2.45, 2.75) is 49.8 Å². The molecule has 0 spiro atoms. The van der Waals surface area contributed by atoms with Gasteiger partial charge in [0.15, 0.2) is 0 Å². The molecule has 1 saturated heterocycles. The van der Waals surface area contributed by atoms with Crippen LogP contribution in [0.4, 0.5) is 0 Å². The van der Waals surface area contributed by atoms with Gasteiger partial charge in [0.1, 0.15) is 30.2 Å². The fraction of sp³-hybridized carbons (Fsp3) is 0.583. The van der Waals surface area contributed by atoms with Crippen LogP contribution < -0.4 is 9.82 Å². The van der Waals surface area contributed by atoms with Gasteiger partial charge in [0, 0.05) is 31.7 Å². The molecule has 5 N–H and O–H groups in total. The first-order valence-electron chi connectivity index (χ1n) is 11.8. The van der Waals surface area contributed by atoms with Crippen molar-refractivity contribution in [2.24, 2.45) is 5.92 Å². The Balaban J connectivity index is 1.52. The standard InChI is InChI=1S/C24H35ClNO9P/c1-32-36(31,33-2)26-10-3-11-34-18-7-4-15(5-8-18)12-17-13-16(6-9-19(17)25)24-23(30)22(29)21(28)20(14-27)35-24/h4-9,16,20-24,27-30H,3,10-14H2,1-2H3,(H,26,31)/t16?,20-,21-,22+,23-,24+/m1/s1. The number of ether oxygens (including phenoxy) is 2. The summed E-state index contributed by atoms with van der Waals surface area (Å²) in [5.41, 5.74) is 1.96. The van der Waals surface area contributed by atoms with Gasteiger partial charge in [-0.05, 0) is 48.6 Å². The lowest BCUT2D eigenvalue weighted by atomic mass is 9.81. The van der Waals surface area contributed by atoms with Crippen molar-refractivity contribution in [3.05, 3.63) is 52.6 Å². The number of aliphatic hydroxyl groups is 4. The minimum atomic E-state index is -3.23. The number of hydrogen-bond acceptors (Lipinski definition) is 9. The van der Waals surface area contributed by atoms with E-state index in [0.717, 1.165) is 11.1 Å². The number of hydrogen-bond donors (Lipinski definition) is 5. The van der Waals surface area contributed by atoms with E-state index in [1.54, 1.807) is 6.08 Å². The highest BCUT2D eigenvalue weighted by atomic mass is 35.5. The summed E-state index contributed by atoms with van der Waals surface area (Å²) in [6.07, 6.45) is -0.574. The van der Waals surface area contributed by atoms with Gasteiger partial charge in [-0.2, -0.15) is 0 Å². The van der Waals surface area contributed by atoms with E-state index in [9.17, 15) is 25.0 Å². The average molecular weight is 548 g/mol. The van der Waals surface area contributed by atoms with Crippen molar-refractivity contribution >= 4 is 19.3 Å². The number of nitrogens with one attached hydrogen (secondary N) is 1. The fourth-order valence-electron chi connectivity index (χ4n) is 4.27. The molecule has 1 heterocycles. The Morgan fingerprint density at radius 2 is 1.81 bits per heavy atom. The third-order valence-corrected chi connectivity index (χ3v) is 8.34. The summed E-state index contributed by atoms with van der Waals surface area (Å²) in [6.45, 7) is 0.364. The van der Waals surface area contributed by atoms with Crippen LogP contribution in [0.1, 0.15) is 18.4 Å². The Hall–Kier alpha value is -1.30. The van der Waals surface area contributed by atoms with Crippen molar-refractivity contribution in [1.29, 1.82) is 0 Å². The van der Waals surface area contributed by atoms with E-state index in [2.05, 4.69) is 5.09 Å². The smallest absolute Gasteiger partial charge is 0.404 e. The topological polar surface area (TPSA) is 147 Å². The van der Waals surface area contributed by atoms with Gasteiger partial charge in [-0.25, -0.2) is 9.65 Å². The van der Waals surface area contributed by atoms with Crippen LogP contribution in [-0.2, 0) is 24.8 Å². The van der Waals surface area contributed by atoms with Crippen molar-refractivity contribution in [1.82, 2.24) is 5.09 Å². The molecule has 1 unspecified atom stereocenters. The molecule has 1 fully saturated rings. The van der Waals surface area contributed by atoms with Crippen molar-refractivity contribution in [3.8, 4) is 5.75 Å². The lowest BCUT2D eigenvalue weighted by Crippen LogP contribution is -2.60. The van der Waals surface area contributed by atoms with Crippen molar-refractivity contribution < 1.29 is 43.5 Å². The van der Waals surface area contributed by atoms with E-state index in [4.69, 9.17) is 30.1 Å². The molecule has 10 nitrogen and oxygen atoms in total. The van der Waals surface area contributed by atoms with E-state index in [0.29, 0.717) is 43.2 Å². The molecule has 0 amide bonds. The Bertz CT molecular complexity index is 947. The molecule has 36 heavy (non-hydrogen) atoms. The van der Waals surface area contributed by atoms with Crippen LogP contribution in [0.5, 0.6) is 5.75 Å². The Kier molecular flexibility index (Phi) is 11.0. The highest BCUT2D eigenvalue weighted by Gasteiger charge is 2.46. The summed E-state index contributed by atoms with van der Waals surface area (Å²) in [7, 11) is -0.598. The summed E-state index contributed by atoms with van der Waals surface area (Å²) in [5.74, 6) is 0.416. The molecule has 0 aromatic heterocycles. The maximum absolute atomic E-state index is 11.9. The summed E-state index contributed by atoms with van der Waals surface area (Å²) in [5, 5.41) is 43.4. The molecule has 1 aliphatic carbocycles. The molecule has 2 aliphatic rings. The quantitative estimate of drug-likeness (QED) is 0.194. The maximum atomic E-state index is 11.9. The number of rotatable bonds is 12. The Morgan fingerprint density at radius 3 is 2.44 bits per heavy atom. The summed E-state index contributed by atoms with van der Waals surface area (Å²) in [6, 6.07) is 7.60. The summed E-state index contributed by atoms with van der Waals surface area (Å²) in [4.78, 5) is 0. The van der Waals surface area contributed by atoms with Gasteiger partial charge in [-0.1, -0.05) is 29.8 Å². The second-order valence-electron chi connectivity index (χ2n) is 8.77. The molecule has 1 aromatic carbocycles. The van der Waals surface area contributed by atoms with E-state index in [1.807, 2.05) is 30.3 Å². The van der Waals surface area contributed by atoms with Gasteiger partial charge in [0.05, 0.1) is 19.3 Å². The first-order chi connectivity index (χ1) is 17.2. The molecule has 6 atom stereocenters. The van der Waals surface area contributed by atoms with E-state index in [-0.39, 0.29) is 5.92 Å². The second-order valence-corrected chi connectivity index (χ2v) is 11.2. The normalized spacial score (nSPS) is 29.0. The summed E-state index contributed by atoms with van der Waals surface area (Å²) >= 11 is 6.46. The van der Waals surface area contributed by atoms with Gasteiger partial charge in [0.25, 0.3) is 0 Å². The Morgan fingerprint density at radius 1 is 1.11 bits per heavy atom. The molecule has 12 heteroatoms. The molecule has 0 saturated carbocycles. The number of halogens is 1. The minimum Gasteiger partial charge on any atom is -0.494 e. The molecule has 1 aliphatic heterocycles. The third kappa shape index (κ3) is 7.39. The lowest BCUT2D eigenvalue weighted by Gasteiger charge is -2.43. The molecule has 202 valence electrons. The van der Waals surface area contributed by atoms with Gasteiger partial charge in [-0.3, -0.25) is 0 Å². The number of aliphatic hydroxyl groups excluding tert-OH is 4. The molecule has 1 aromatic rings. The third-order valence-electron chi connectivity index (χ3n) is 6.38. The predicted molar refractivity (Wildman–Crippen MR) is 134 cm³/mol. The SMILES string of the molecule is COP(=O)(NCCCOc1ccc(CC2=C(Cl)C=CC([C@@H]3O[C@H](CO)[C@@H](O)[C@H](O)[C@H]3O)C2)cc1)OC. The highest BCUT2D eigenvalue weighted by Crippen LogP contribution is 2.41. The summed E-state index contributed by atoms with van der Waals surface area (Å²) < 4.78 is 33.0. The van der Waals surface area contributed by atoms with Crippen LogP contribution in [-0.4, -0.2) is 84.9 Å². The average Bonchev–Trinajstić information content (AvgIpc) is 2.89. The van der Waals surface area contributed by atoms with Crippen LogP contribution in [0, 0.1) is 5.92 Å². The van der Waals surface area contributed by atoms with E-state index < -0.39 is 44.9 Å². The van der Waals surface area contributed by atoms with Crippen LogP contribution in [0.2, 0.25) is 0 Å². The largest absolute Gasteiger partial charge is 0.494 e. The van der Waals surface area contributed by atoms with E-state index in [1.165, 1.54) is 14.2 Å². The van der Waals surface area contributed by atoms with Crippen LogP contribution in [0.25, 0.3) is 0 Å². The van der Waals surface area contributed by atoms with Crippen molar-refractivity contribution in [2.75, 3.05) is 34.0 Å². The number of benzene rings is 1. The fourth-order valence-corrected chi connectivity index (χ4v) is 5.33. The first-order valence-corrected chi connectivity index (χ1v) is 13.7. The zero-order valence-electron chi connectivity index (χ0n) is 20.3. The maximum Gasteiger partial charge on any atom is 0.404 e. The van der Waals surface area contributed by atoms with Crippen molar-refractivity contribution in [3.63, 3.8) is 0 Å². The zero-order chi connectivity index (χ0) is 26.3. The highest BCUT2D eigenvalue weighted by molar-refractivity contribution is 7.51. The molecular formula is C24H35ClNO9P. The molecular weight excluding hydrogens is 513 g/mol. The second kappa shape index (κ2) is 13.5. The molecule has 0 bridgehead atoms. The molecule has 0 radical (unpaired) electrons. The minimum absolute atomic E-state index is 0.281. The van der Waals surface area contributed by atoms with Crippen LogP contribution in [0.3, 0.4) is 0 Å². The van der Waals surface area contributed by atoms with E-state index >= 15 is 0 Å². The van der Waals surface area contributed by atoms with Gasteiger partial charge >= 0.3 is 7.75 Å². The predicted octanol–water partition coefficient (Wildman–Crippen LogP) is 1.90. The monoisotopic (exact) mass is 547 g/mol.